The molecule has 0 N–H and O–H groups in total. The van der Waals surface area contributed by atoms with E-state index in [9.17, 15) is 19.2 Å². The largest absolute Gasteiger partial charge is 0.454 e. The molecule has 2 aliphatic heterocycles. The second-order valence-electron chi connectivity index (χ2n) is 7.58. The number of amides is 2. The zero-order valence-corrected chi connectivity index (χ0v) is 18.3. The first-order valence-electron chi connectivity index (χ1n) is 10.1. The lowest BCUT2D eigenvalue weighted by atomic mass is 10.1. The van der Waals surface area contributed by atoms with E-state index in [0.717, 1.165) is 30.4 Å². The Morgan fingerprint density at radius 1 is 0.935 bits per heavy atom. The molecule has 0 saturated carbocycles. The van der Waals surface area contributed by atoms with Crippen molar-refractivity contribution in [1.82, 2.24) is 4.90 Å². The number of anilines is 1. The molecule has 31 heavy (non-hydrogen) atoms. The quantitative estimate of drug-likeness (QED) is 0.355. The molecule has 7 nitrogen and oxygen atoms in total. The maximum atomic E-state index is 12.8. The number of likely N-dealkylation sites (tertiary alicyclic amines) is 1. The number of hydrogen-bond donors (Lipinski definition) is 0. The van der Waals surface area contributed by atoms with Gasteiger partial charge in [-0.05, 0) is 62.3 Å². The zero-order chi connectivity index (χ0) is 22.0. The van der Waals surface area contributed by atoms with Crippen LogP contribution < -0.4 is 4.90 Å². The number of imide groups is 1. The van der Waals surface area contributed by atoms with Gasteiger partial charge in [0.2, 0.25) is 5.91 Å². The molecule has 1 unspecified atom stereocenters. The fourth-order valence-electron chi connectivity index (χ4n) is 3.91. The summed E-state index contributed by atoms with van der Waals surface area (Å²) >= 11 is 3.30. The van der Waals surface area contributed by atoms with Gasteiger partial charge in [0, 0.05) is 10.0 Å². The summed E-state index contributed by atoms with van der Waals surface area (Å²) in [6, 6.07) is 12.5. The topological polar surface area (TPSA) is 84.0 Å². The van der Waals surface area contributed by atoms with Crippen LogP contribution in [0.15, 0.2) is 53.0 Å². The van der Waals surface area contributed by atoms with Crippen molar-refractivity contribution in [1.29, 1.82) is 0 Å². The molecule has 2 saturated heterocycles. The van der Waals surface area contributed by atoms with Crippen molar-refractivity contribution in [3.63, 3.8) is 0 Å². The number of nitrogens with zero attached hydrogens (tertiary/aromatic N) is 2. The number of esters is 1. The maximum absolute atomic E-state index is 12.8. The Bertz CT molecular complexity index is 1010. The van der Waals surface area contributed by atoms with Gasteiger partial charge in [0.25, 0.3) is 5.91 Å². The molecule has 2 aromatic rings. The zero-order valence-electron chi connectivity index (χ0n) is 16.8. The van der Waals surface area contributed by atoms with Gasteiger partial charge in [-0.25, -0.2) is 9.69 Å². The second-order valence-corrected chi connectivity index (χ2v) is 8.50. The molecule has 2 aromatic carbocycles. The first-order chi connectivity index (χ1) is 14.9. The molecule has 1 atom stereocenters. The van der Waals surface area contributed by atoms with E-state index in [1.807, 2.05) is 0 Å². The van der Waals surface area contributed by atoms with Crippen LogP contribution in [0.2, 0.25) is 0 Å². The summed E-state index contributed by atoms with van der Waals surface area (Å²) in [7, 11) is 0. The predicted molar refractivity (Wildman–Crippen MR) is 117 cm³/mol. The smallest absolute Gasteiger partial charge is 0.338 e. The highest BCUT2D eigenvalue weighted by molar-refractivity contribution is 9.10. The van der Waals surface area contributed by atoms with Gasteiger partial charge in [0.05, 0.1) is 23.7 Å². The molecule has 0 bridgehead atoms. The SMILES string of the molecule is O=C(COC(=O)c1ccc(N2C(=O)CC(N3CCCC3)C2=O)cc1)c1ccc(Br)cc1. The highest BCUT2D eigenvalue weighted by atomic mass is 79.9. The van der Waals surface area contributed by atoms with Crippen LogP contribution in [0, 0.1) is 0 Å². The highest BCUT2D eigenvalue weighted by Crippen LogP contribution is 2.28. The van der Waals surface area contributed by atoms with Crippen molar-refractivity contribution in [3.05, 3.63) is 64.1 Å². The van der Waals surface area contributed by atoms with Crippen LogP contribution in [0.25, 0.3) is 0 Å². The van der Waals surface area contributed by atoms with Crippen molar-refractivity contribution < 1.29 is 23.9 Å². The molecular formula is C23H21BrN2O5. The van der Waals surface area contributed by atoms with E-state index in [4.69, 9.17) is 4.74 Å². The van der Waals surface area contributed by atoms with Crippen LogP contribution in [0.4, 0.5) is 5.69 Å². The molecule has 2 fully saturated rings. The van der Waals surface area contributed by atoms with Gasteiger partial charge >= 0.3 is 5.97 Å². The summed E-state index contributed by atoms with van der Waals surface area (Å²) in [6.45, 7) is 1.30. The van der Waals surface area contributed by atoms with E-state index in [0.29, 0.717) is 11.3 Å². The van der Waals surface area contributed by atoms with Crippen LogP contribution in [0.3, 0.4) is 0 Å². The van der Waals surface area contributed by atoms with Gasteiger partial charge in [-0.15, -0.1) is 0 Å². The fourth-order valence-corrected chi connectivity index (χ4v) is 4.17. The normalized spacial score (nSPS) is 19.1. The number of benzene rings is 2. The van der Waals surface area contributed by atoms with E-state index >= 15 is 0 Å². The summed E-state index contributed by atoms with van der Waals surface area (Å²) in [6.07, 6.45) is 2.26. The number of hydrogen-bond acceptors (Lipinski definition) is 6. The highest BCUT2D eigenvalue weighted by Gasteiger charge is 2.43. The van der Waals surface area contributed by atoms with Crippen LogP contribution in [-0.2, 0) is 14.3 Å². The lowest BCUT2D eigenvalue weighted by Gasteiger charge is -2.21. The van der Waals surface area contributed by atoms with Crippen molar-refractivity contribution in [2.24, 2.45) is 0 Å². The molecule has 0 radical (unpaired) electrons. The van der Waals surface area contributed by atoms with Crippen LogP contribution in [0.1, 0.15) is 40.0 Å². The molecule has 2 aliphatic rings. The Balaban J connectivity index is 1.38. The van der Waals surface area contributed by atoms with E-state index < -0.39 is 12.0 Å². The van der Waals surface area contributed by atoms with Crippen molar-refractivity contribution in [2.45, 2.75) is 25.3 Å². The minimum Gasteiger partial charge on any atom is -0.454 e. The maximum Gasteiger partial charge on any atom is 0.338 e. The minimum atomic E-state index is -0.647. The second kappa shape index (κ2) is 9.11. The van der Waals surface area contributed by atoms with Gasteiger partial charge in [-0.2, -0.15) is 0 Å². The van der Waals surface area contributed by atoms with E-state index in [2.05, 4.69) is 20.8 Å². The molecule has 4 rings (SSSR count). The molecule has 2 amide bonds. The average Bonchev–Trinajstić information content (AvgIpc) is 3.40. The number of carbonyl (C=O) groups is 4. The van der Waals surface area contributed by atoms with Gasteiger partial charge in [0.1, 0.15) is 0 Å². The molecule has 0 aromatic heterocycles. The summed E-state index contributed by atoms with van der Waals surface area (Å²) in [5, 5.41) is 0. The Morgan fingerprint density at radius 2 is 1.55 bits per heavy atom. The van der Waals surface area contributed by atoms with Crippen LogP contribution in [0.5, 0.6) is 0 Å². The third-order valence-electron chi connectivity index (χ3n) is 5.57. The Labute approximate surface area is 188 Å². The van der Waals surface area contributed by atoms with Crippen LogP contribution >= 0.6 is 15.9 Å². The summed E-state index contributed by atoms with van der Waals surface area (Å²) < 4.78 is 5.96. The van der Waals surface area contributed by atoms with E-state index in [1.54, 1.807) is 36.4 Å². The third kappa shape index (κ3) is 4.60. The standard InChI is InChI=1S/C23H21BrN2O5/c24-17-7-3-15(4-8-17)20(27)14-31-23(30)16-5-9-18(10-6-16)26-21(28)13-19(22(26)29)25-11-1-2-12-25/h3-10,19H,1-2,11-14H2. The van der Waals surface area contributed by atoms with Crippen molar-refractivity contribution in [2.75, 3.05) is 24.6 Å². The average molecular weight is 485 g/mol. The van der Waals surface area contributed by atoms with Crippen molar-refractivity contribution >= 4 is 45.2 Å². The molecular weight excluding hydrogens is 464 g/mol. The van der Waals surface area contributed by atoms with E-state index in [-0.39, 0.29) is 36.2 Å². The fraction of sp³-hybridized carbons (Fsp3) is 0.304. The lowest BCUT2D eigenvalue weighted by Crippen LogP contribution is -2.40. The molecule has 160 valence electrons. The number of Topliss-reactive ketones (excluding diaryl/α,β-unsaturated/α-hetero) is 1. The number of ketones is 1. The lowest BCUT2D eigenvalue weighted by molar-refractivity contribution is -0.122. The number of rotatable bonds is 6. The third-order valence-corrected chi connectivity index (χ3v) is 6.09. The van der Waals surface area contributed by atoms with Gasteiger partial charge < -0.3 is 4.74 Å². The van der Waals surface area contributed by atoms with Crippen molar-refractivity contribution in [3.8, 4) is 0 Å². The Hall–Kier alpha value is -2.84. The van der Waals surface area contributed by atoms with Gasteiger partial charge in [-0.1, -0.05) is 28.1 Å². The first-order valence-corrected chi connectivity index (χ1v) is 10.9. The van der Waals surface area contributed by atoms with Gasteiger partial charge in [-0.3, -0.25) is 19.3 Å². The van der Waals surface area contributed by atoms with Crippen LogP contribution in [-0.4, -0.2) is 54.2 Å². The number of halogens is 1. The molecule has 0 aliphatic carbocycles. The molecule has 0 spiro atoms. The summed E-state index contributed by atoms with van der Waals surface area (Å²) in [5.74, 6) is -1.41. The Kier molecular flexibility index (Phi) is 6.29. The molecule has 8 heteroatoms. The summed E-state index contributed by atoms with van der Waals surface area (Å²) in [5.41, 5.74) is 1.12. The monoisotopic (exact) mass is 484 g/mol. The predicted octanol–water partition coefficient (Wildman–Crippen LogP) is 3.22. The Morgan fingerprint density at radius 3 is 2.19 bits per heavy atom. The molecule has 2 heterocycles. The number of ether oxygens (including phenoxy) is 1. The summed E-state index contributed by atoms with van der Waals surface area (Å²) in [4.78, 5) is 52.9. The minimum absolute atomic E-state index is 0.181. The number of carbonyl (C=O) groups excluding carboxylic acids is 4. The van der Waals surface area contributed by atoms with E-state index in [1.165, 1.54) is 17.0 Å². The van der Waals surface area contributed by atoms with Gasteiger partial charge in [0.15, 0.2) is 12.4 Å². The first kappa shape index (κ1) is 21.4.